The Bertz CT molecular complexity index is 1730. The van der Waals surface area contributed by atoms with Crippen LogP contribution in [-0.4, -0.2) is 42.2 Å². The Morgan fingerprint density at radius 1 is 1.00 bits per heavy atom. The summed E-state index contributed by atoms with van der Waals surface area (Å²) in [5.74, 6) is 0.695. The van der Waals surface area contributed by atoms with Crippen molar-refractivity contribution in [1.29, 1.82) is 0 Å². The van der Waals surface area contributed by atoms with Crippen LogP contribution in [0.4, 0.5) is 0 Å². The zero-order valence-corrected chi connectivity index (χ0v) is 28.2. The lowest BCUT2D eigenvalue weighted by atomic mass is 9.80. The molecule has 0 fully saturated rings. The zero-order chi connectivity index (χ0) is 32.4. The van der Waals surface area contributed by atoms with Crippen LogP contribution in [0.2, 0.25) is 0 Å². The topological polar surface area (TPSA) is 129 Å². The van der Waals surface area contributed by atoms with Gasteiger partial charge in [-0.2, -0.15) is 0 Å². The van der Waals surface area contributed by atoms with Crippen LogP contribution in [0.25, 0.3) is 10.4 Å². The lowest BCUT2D eigenvalue weighted by Crippen LogP contribution is -2.50. The molecule has 1 aliphatic rings. The van der Waals surface area contributed by atoms with Crippen LogP contribution in [0.1, 0.15) is 40.3 Å². The van der Waals surface area contributed by atoms with Crippen molar-refractivity contribution in [1.82, 2.24) is 5.32 Å². The summed E-state index contributed by atoms with van der Waals surface area (Å²) in [5, 5.41) is 16.1. The van der Waals surface area contributed by atoms with E-state index in [4.69, 9.17) is 25.1 Å². The van der Waals surface area contributed by atoms with Gasteiger partial charge in [-0.15, -0.1) is 0 Å². The summed E-state index contributed by atoms with van der Waals surface area (Å²) in [5.41, 5.74) is 11.8. The molecular weight excluding hydrogens is 714 g/mol. The minimum atomic E-state index is -1.40. The number of carbonyl (C=O) groups excluding carboxylic acids is 1. The summed E-state index contributed by atoms with van der Waals surface area (Å²) < 4.78 is 14.2. The average molecular weight is 747 g/mol. The molecule has 236 valence electrons. The quantitative estimate of drug-likeness (QED) is 0.0595. The predicted molar refractivity (Wildman–Crippen MR) is 185 cm³/mol. The van der Waals surface area contributed by atoms with Crippen LogP contribution in [0.15, 0.2) is 116 Å². The van der Waals surface area contributed by atoms with Crippen molar-refractivity contribution in [2.24, 2.45) is 10.1 Å². The monoisotopic (exact) mass is 745 g/mol. The van der Waals surface area contributed by atoms with Crippen molar-refractivity contribution in [2.45, 2.75) is 37.5 Å². The highest BCUT2D eigenvalue weighted by Crippen LogP contribution is 2.44. The third-order valence-electron chi connectivity index (χ3n) is 7.70. The summed E-state index contributed by atoms with van der Waals surface area (Å²) >= 11 is 7.15. The first-order valence-corrected chi connectivity index (χ1v) is 16.5. The van der Waals surface area contributed by atoms with Crippen LogP contribution in [0.5, 0.6) is 5.75 Å². The second-order valence-electron chi connectivity index (χ2n) is 10.8. The maximum Gasteiger partial charge on any atom is 0.252 e. The lowest BCUT2D eigenvalue weighted by molar-refractivity contribution is -0.128. The van der Waals surface area contributed by atoms with E-state index in [1.54, 1.807) is 0 Å². The van der Waals surface area contributed by atoms with E-state index in [1.807, 2.05) is 97.1 Å². The molecule has 9 nitrogen and oxygen atoms in total. The number of ether oxygens (including phenoxy) is 2. The normalized spacial score (nSPS) is 17.0. The fourth-order valence-corrected chi connectivity index (χ4v) is 6.05. The van der Waals surface area contributed by atoms with Crippen molar-refractivity contribution < 1.29 is 19.4 Å². The molecule has 0 saturated carbocycles. The number of rotatable bonds is 14. The highest BCUT2D eigenvalue weighted by atomic mass is 79.9. The molecule has 2 N–H and O–H groups in total. The summed E-state index contributed by atoms with van der Waals surface area (Å²) in [6.07, 6.45) is 0.582. The summed E-state index contributed by atoms with van der Waals surface area (Å²) in [7, 11) is 0. The third-order valence-corrected chi connectivity index (χ3v) is 9.00. The minimum Gasteiger partial charge on any atom is -0.494 e. The third kappa shape index (κ3) is 7.97. The number of hydrogen-bond donors (Lipinski definition) is 2. The summed E-state index contributed by atoms with van der Waals surface area (Å²) in [4.78, 5) is 22.7. The number of aliphatic hydroxyl groups is 1. The van der Waals surface area contributed by atoms with Crippen molar-refractivity contribution in [2.75, 3.05) is 19.8 Å². The highest BCUT2D eigenvalue weighted by molar-refractivity contribution is 9.10. The molecule has 0 radical (unpaired) electrons. The second-order valence-corrected chi connectivity index (χ2v) is 12.5. The smallest absolute Gasteiger partial charge is 0.252 e. The van der Waals surface area contributed by atoms with E-state index in [0.29, 0.717) is 48.8 Å². The van der Waals surface area contributed by atoms with Gasteiger partial charge >= 0.3 is 0 Å². The molecule has 1 heterocycles. The van der Waals surface area contributed by atoms with E-state index in [1.165, 1.54) is 0 Å². The fraction of sp³-hybridized carbons (Fsp3) is 0.257. The molecule has 0 unspecified atom stereocenters. The average Bonchev–Trinajstić information content (AvgIpc) is 3.46. The predicted octanol–water partition coefficient (Wildman–Crippen LogP) is 7.64. The number of carbonyl (C=O) groups is 1. The van der Waals surface area contributed by atoms with Gasteiger partial charge in [0.15, 0.2) is 11.6 Å². The maximum absolute atomic E-state index is 14.6. The van der Waals surface area contributed by atoms with E-state index in [9.17, 15) is 4.79 Å². The van der Waals surface area contributed by atoms with E-state index in [0.717, 1.165) is 25.6 Å². The molecule has 5 rings (SSSR count). The molecule has 0 spiro atoms. The molecule has 0 aromatic heterocycles. The molecule has 1 aliphatic heterocycles. The molecule has 0 bridgehead atoms. The van der Waals surface area contributed by atoms with Gasteiger partial charge in [-0.25, -0.2) is 4.99 Å². The van der Waals surface area contributed by atoms with Crippen molar-refractivity contribution in [3.8, 4) is 5.75 Å². The summed E-state index contributed by atoms with van der Waals surface area (Å²) in [6, 6.07) is 30.6. The zero-order valence-electron chi connectivity index (χ0n) is 25.0. The highest BCUT2D eigenvalue weighted by Gasteiger charge is 2.54. The fourth-order valence-electron chi connectivity index (χ4n) is 5.36. The van der Waals surface area contributed by atoms with Gasteiger partial charge in [-0.1, -0.05) is 91.6 Å². The second kappa shape index (κ2) is 15.9. The number of nitrogens with one attached hydrogen (secondary N) is 1. The van der Waals surface area contributed by atoms with Crippen LogP contribution < -0.4 is 10.1 Å². The first kappa shape index (κ1) is 33.2. The Balaban J connectivity index is 1.57. The number of halogens is 2. The first-order chi connectivity index (χ1) is 22.4. The van der Waals surface area contributed by atoms with Gasteiger partial charge in [0.2, 0.25) is 5.90 Å². The van der Waals surface area contributed by atoms with Crippen molar-refractivity contribution in [3.63, 3.8) is 0 Å². The molecule has 0 saturated heterocycles. The Morgan fingerprint density at radius 2 is 1.72 bits per heavy atom. The Kier molecular flexibility index (Phi) is 11.5. The number of hydrogen-bond acceptors (Lipinski definition) is 6. The molecular formula is C35H33Br2N5O4. The van der Waals surface area contributed by atoms with Crippen molar-refractivity contribution >= 4 is 43.7 Å². The van der Waals surface area contributed by atoms with E-state index < -0.39 is 11.6 Å². The van der Waals surface area contributed by atoms with Crippen LogP contribution in [-0.2, 0) is 28.9 Å². The first-order valence-electron chi connectivity index (χ1n) is 14.9. The minimum absolute atomic E-state index is 0.0517. The van der Waals surface area contributed by atoms with Gasteiger partial charge in [0, 0.05) is 45.4 Å². The van der Waals surface area contributed by atoms with Crippen LogP contribution in [0, 0.1) is 0 Å². The molecule has 11 heteroatoms. The van der Waals surface area contributed by atoms with Gasteiger partial charge in [0.1, 0.15) is 5.75 Å². The number of azide groups is 1. The van der Waals surface area contributed by atoms with E-state index >= 15 is 0 Å². The number of benzene rings is 4. The van der Waals surface area contributed by atoms with Gasteiger partial charge in [0.05, 0.1) is 13.2 Å². The molecule has 46 heavy (non-hydrogen) atoms. The SMILES string of the molecule is [N-]=[N+]=NCc1ccccc1[C@H]1OC(c2ccc(OCCCO)cc2)=N[C@@]1(Cc1ccccc1Br)C(=O)NCCc1ccc(Br)cc1. The summed E-state index contributed by atoms with van der Waals surface area (Å²) in [6.45, 7) is 0.941. The molecule has 0 aliphatic carbocycles. The van der Waals surface area contributed by atoms with Crippen molar-refractivity contribution in [3.05, 3.63) is 144 Å². The number of amides is 1. The maximum atomic E-state index is 14.6. The molecule has 4 aromatic carbocycles. The molecule has 2 atom stereocenters. The van der Waals surface area contributed by atoms with Gasteiger partial charge < -0.3 is 19.9 Å². The number of aliphatic hydroxyl groups excluding tert-OH is 1. The Morgan fingerprint density at radius 3 is 2.43 bits per heavy atom. The molecule has 4 aromatic rings. The Labute approximate surface area is 284 Å². The van der Waals surface area contributed by atoms with Crippen LogP contribution in [0.3, 0.4) is 0 Å². The number of nitrogens with zero attached hydrogens (tertiary/aromatic N) is 4. The van der Waals surface area contributed by atoms with Gasteiger partial charge in [0.25, 0.3) is 5.91 Å². The largest absolute Gasteiger partial charge is 0.494 e. The van der Waals surface area contributed by atoms with Crippen LogP contribution >= 0.6 is 31.9 Å². The van der Waals surface area contributed by atoms with E-state index in [-0.39, 0.29) is 25.5 Å². The Hall–Kier alpha value is -4.15. The van der Waals surface area contributed by atoms with Gasteiger partial charge in [-0.05, 0) is 76.7 Å². The van der Waals surface area contributed by atoms with Gasteiger partial charge in [-0.3, -0.25) is 4.79 Å². The number of aliphatic imine (C=N–C) groups is 1. The molecule has 1 amide bonds. The standard InChI is InChI=1S/C35H33Br2N5O4/c36-28-14-10-24(11-15-28)18-19-39-34(44)35(22-26-6-2-4-9-31(26)37)32(30-8-3-1-7-27(30)23-40-42-38)46-33(41-35)25-12-16-29(17-13-25)45-21-5-20-43/h1-4,6-17,32,43H,5,18-23H2,(H,39,44)/t32-,35-/m1/s1. The lowest BCUT2D eigenvalue weighted by Gasteiger charge is -2.32. The van der Waals surface area contributed by atoms with E-state index in [2.05, 4.69) is 47.2 Å².